The number of methoxy groups -OCH3 is 1. The van der Waals surface area contributed by atoms with Gasteiger partial charge in [-0.05, 0) is 27.4 Å². The van der Waals surface area contributed by atoms with Crippen molar-refractivity contribution in [1.29, 1.82) is 0 Å². The number of halogens is 2. The smallest absolute Gasteiger partial charge is 0.158 e. The Balaban J connectivity index is 2.07. The molecule has 0 saturated heterocycles. The van der Waals surface area contributed by atoms with Gasteiger partial charge in [0.2, 0.25) is 0 Å². The first-order valence-electron chi connectivity index (χ1n) is 5.17. The molecule has 2 rings (SSSR count). The van der Waals surface area contributed by atoms with Crippen molar-refractivity contribution in [1.82, 2.24) is 9.97 Å². The number of rotatable bonds is 5. The molecule has 0 aromatic carbocycles. The van der Waals surface area contributed by atoms with E-state index in [4.69, 9.17) is 16.3 Å². The first-order valence-corrected chi connectivity index (χ1v) is 7.22. The van der Waals surface area contributed by atoms with E-state index in [-0.39, 0.29) is 0 Å². The monoisotopic (exact) mass is 347 g/mol. The van der Waals surface area contributed by atoms with Crippen molar-refractivity contribution < 1.29 is 4.74 Å². The Labute approximate surface area is 122 Å². The predicted octanol–water partition coefficient (Wildman–Crippen LogP) is 3.71. The summed E-state index contributed by atoms with van der Waals surface area (Å²) in [4.78, 5) is 9.59. The average molecular weight is 349 g/mol. The molecular weight excluding hydrogens is 338 g/mol. The molecule has 0 saturated carbocycles. The van der Waals surface area contributed by atoms with Crippen LogP contribution in [0.25, 0.3) is 0 Å². The number of thiophene rings is 1. The highest BCUT2D eigenvalue weighted by Crippen LogP contribution is 2.23. The lowest BCUT2D eigenvalue weighted by Gasteiger charge is -2.07. The van der Waals surface area contributed by atoms with E-state index < -0.39 is 0 Å². The van der Waals surface area contributed by atoms with Crippen LogP contribution < -0.4 is 5.32 Å². The number of ether oxygens (including phenoxy) is 1. The highest BCUT2D eigenvalue weighted by Gasteiger charge is 2.05. The summed E-state index contributed by atoms with van der Waals surface area (Å²) in [6.45, 7) is 1.04. The van der Waals surface area contributed by atoms with E-state index in [2.05, 4.69) is 31.2 Å². The summed E-state index contributed by atoms with van der Waals surface area (Å²) < 4.78 is 6.09. The zero-order chi connectivity index (χ0) is 13.0. The SMILES string of the molecule is COCc1nc(Cl)cc(NCc2sccc2Br)n1. The minimum atomic E-state index is 0.345. The molecule has 0 spiro atoms. The van der Waals surface area contributed by atoms with Crippen molar-refractivity contribution in [2.45, 2.75) is 13.2 Å². The Bertz CT molecular complexity index is 535. The van der Waals surface area contributed by atoms with E-state index in [0.717, 1.165) is 4.47 Å². The number of nitrogens with zero attached hydrogens (tertiary/aromatic N) is 2. The Kier molecular flexibility index (Phi) is 4.94. The fraction of sp³-hybridized carbons (Fsp3) is 0.273. The van der Waals surface area contributed by atoms with Gasteiger partial charge in [0.15, 0.2) is 5.82 Å². The molecule has 2 aromatic heterocycles. The molecule has 1 N–H and O–H groups in total. The van der Waals surface area contributed by atoms with Crippen LogP contribution in [0.4, 0.5) is 5.82 Å². The molecule has 0 unspecified atom stereocenters. The molecule has 18 heavy (non-hydrogen) atoms. The Morgan fingerprint density at radius 1 is 1.50 bits per heavy atom. The zero-order valence-electron chi connectivity index (χ0n) is 9.61. The van der Waals surface area contributed by atoms with Gasteiger partial charge in [-0.2, -0.15) is 0 Å². The second-order valence-corrected chi connectivity index (χ2v) is 5.71. The maximum Gasteiger partial charge on any atom is 0.158 e. The van der Waals surface area contributed by atoms with Crippen molar-refractivity contribution in [3.8, 4) is 0 Å². The van der Waals surface area contributed by atoms with E-state index in [9.17, 15) is 0 Å². The topological polar surface area (TPSA) is 47.0 Å². The molecule has 7 heteroatoms. The summed E-state index contributed by atoms with van der Waals surface area (Å²) >= 11 is 11.1. The summed E-state index contributed by atoms with van der Waals surface area (Å²) in [6.07, 6.45) is 0. The summed E-state index contributed by atoms with van der Waals surface area (Å²) in [5.74, 6) is 1.26. The van der Waals surface area contributed by atoms with Gasteiger partial charge < -0.3 is 10.1 Å². The van der Waals surface area contributed by atoms with Crippen molar-refractivity contribution in [2.75, 3.05) is 12.4 Å². The van der Waals surface area contributed by atoms with E-state index in [1.165, 1.54) is 4.88 Å². The average Bonchev–Trinajstić information content (AvgIpc) is 2.72. The van der Waals surface area contributed by atoms with Gasteiger partial charge in [0.25, 0.3) is 0 Å². The molecule has 0 fully saturated rings. The van der Waals surface area contributed by atoms with Crippen LogP contribution in [0, 0.1) is 0 Å². The normalized spacial score (nSPS) is 10.6. The second kappa shape index (κ2) is 6.47. The first kappa shape index (κ1) is 13.7. The van der Waals surface area contributed by atoms with Gasteiger partial charge in [0, 0.05) is 22.5 Å². The third-order valence-corrected chi connectivity index (χ3v) is 4.26. The highest BCUT2D eigenvalue weighted by molar-refractivity contribution is 9.10. The maximum atomic E-state index is 5.92. The maximum absolute atomic E-state index is 5.92. The third kappa shape index (κ3) is 3.65. The molecular formula is C11H11BrClN3OS. The number of aromatic nitrogens is 2. The van der Waals surface area contributed by atoms with Gasteiger partial charge in [0.05, 0.1) is 6.54 Å². The standard InChI is InChI=1S/C11H11BrClN3OS/c1-17-6-11-15-9(13)4-10(16-11)14-5-8-7(12)2-3-18-8/h2-4H,5-6H2,1H3,(H,14,15,16). The van der Waals surface area contributed by atoms with Crippen LogP contribution in [0.3, 0.4) is 0 Å². The van der Waals surface area contributed by atoms with E-state index >= 15 is 0 Å². The van der Waals surface area contributed by atoms with E-state index in [0.29, 0.717) is 29.9 Å². The lowest BCUT2D eigenvalue weighted by molar-refractivity contribution is 0.178. The van der Waals surface area contributed by atoms with Crippen LogP contribution in [0.15, 0.2) is 22.0 Å². The van der Waals surface area contributed by atoms with E-state index in [1.807, 2.05) is 11.4 Å². The van der Waals surface area contributed by atoms with E-state index in [1.54, 1.807) is 24.5 Å². The lowest BCUT2D eigenvalue weighted by atomic mass is 10.4. The van der Waals surface area contributed by atoms with Gasteiger partial charge in [-0.1, -0.05) is 11.6 Å². The molecule has 0 aliphatic heterocycles. The van der Waals surface area contributed by atoms with Crippen molar-refractivity contribution in [3.63, 3.8) is 0 Å². The van der Waals surface area contributed by atoms with Crippen molar-refractivity contribution >= 4 is 44.7 Å². The minimum Gasteiger partial charge on any atom is -0.377 e. The van der Waals surface area contributed by atoms with Crippen molar-refractivity contribution in [3.05, 3.63) is 37.8 Å². The lowest BCUT2D eigenvalue weighted by Crippen LogP contribution is -2.04. The molecule has 0 aliphatic rings. The van der Waals surface area contributed by atoms with Crippen LogP contribution in [0.2, 0.25) is 5.15 Å². The summed E-state index contributed by atoms with van der Waals surface area (Å²) in [5, 5.41) is 5.66. The Hall–Kier alpha value is -0.690. The molecule has 0 atom stereocenters. The predicted molar refractivity (Wildman–Crippen MR) is 77.1 cm³/mol. The van der Waals surface area contributed by atoms with Crippen molar-refractivity contribution in [2.24, 2.45) is 0 Å². The molecule has 0 amide bonds. The van der Waals surface area contributed by atoms with Gasteiger partial charge in [-0.3, -0.25) is 0 Å². The summed E-state index contributed by atoms with van der Waals surface area (Å²) in [7, 11) is 1.60. The highest BCUT2D eigenvalue weighted by atomic mass is 79.9. The van der Waals surface area contributed by atoms with Gasteiger partial charge in [-0.15, -0.1) is 11.3 Å². The molecule has 0 radical (unpaired) electrons. The Morgan fingerprint density at radius 3 is 3.00 bits per heavy atom. The Morgan fingerprint density at radius 2 is 2.33 bits per heavy atom. The minimum absolute atomic E-state index is 0.345. The fourth-order valence-electron chi connectivity index (χ4n) is 1.37. The number of hydrogen-bond donors (Lipinski definition) is 1. The van der Waals surface area contributed by atoms with Crippen LogP contribution in [0.5, 0.6) is 0 Å². The molecule has 4 nitrogen and oxygen atoms in total. The summed E-state index contributed by atoms with van der Waals surface area (Å²) in [6, 6.07) is 3.72. The molecule has 2 heterocycles. The van der Waals surface area contributed by atoms with Gasteiger partial charge >= 0.3 is 0 Å². The molecule has 96 valence electrons. The molecule has 0 bridgehead atoms. The quantitative estimate of drug-likeness (QED) is 0.837. The molecule has 2 aromatic rings. The van der Waals surface area contributed by atoms with Crippen LogP contribution in [-0.2, 0) is 17.9 Å². The second-order valence-electron chi connectivity index (χ2n) is 3.47. The van der Waals surface area contributed by atoms with Gasteiger partial charge in [-0.25, -0.2) is 9.97 Å². The summed E-state index contributed by atoms with van der Waals surface area (Å²) in [5.41, 5.74) is 0. The van der Waals surface area contributed by atoms with Gasteiger partial charge in [0.1, 0.15) is 17.6 Å². The zero-order valence-corrected chi connectivity index (χ0v) is 12.8. The number of anilines is 1. The van der Waals surface area contributed by atoms with Crippen LogP contribution in [-0.4, -0.2) is 17.1 Å². The largest absolute Gasteiger partial charge is 0.377 e. The molecule has 0 aliphatic carbocycles. The number of hydrogen-bond acceptors (Lipinski definition) is 5. The van der Waals surface area contributed by atoms with Crippen LogP contribution in [0.1, 0.15) is 10.7 Å². The third-order valence-electron chi connectivity index (χ3n) is 2.14. The first-order chi connectivity index (χ1) is 8.69. The number of nitrogens with one attached hydrogen (secondary N) is 1. The fourth-order valence-corrected chi connectivity index (χ4v) is 3.00. The van der Waals surface area contributed by atoms with Crippen LogP contribution >= 0.6 is 38.9 Å².